The average molecular weight is 511 g/mol. The SMILES string of the molecule is CC(C)[Si](OCC(F)(F)Oc1ccc(N2CC(C)(C)N(C)[C@H]3CCCC[C@@H]32)cc1)(C(C)C)C(C)C. The summed E-state index contributed by atoms with van der Waals surface area (Å²) in [5.41, 5.74) is 1.87. The number of ether oxygens (including phenoxy) is 1. The van der Waals surface area contributed by atoms with E-state index < -0.39 is 21.0 Å². The highest BCUT2D eigenvalue weighted by atomic mass is 28.4. The molecule has 1 saturated carbocycles. The van der Waals surface area contributed by atoms with Crippen LogP contribution in [0.3, 0.4) is 0 Å². The molecular formula is C28H48F2N2O2Si. The highest BCUT2D eigenvalue weighted by molar-refractivity contribution is 6.77. The monoisotopic (exact) mass is 510 g/mol. The molecule has 0 N–H and O–H groups in total. The fourth-order valence-corrected chi connectivity index (χ4v) is 12.3. The number of hydrogen-bond acceptors (Lipinski definition) is 4. The lowest BCUT2D eigenvalue weighted by Crippen LogP contribution is -2.67. The molecule has 0 bridgehead atoms. The van der Waals surface area contributed by atoms with Gasteiger partial charge in [0.1, 0.15) is 12.4 Å². The van der Waals surface area contributed by atoms with Gasteiger partial charge in [-0.15, -0.1) is 0 Å². The third-order valence-corrected chi connectivity index (χ3v) is 14.8. The molecule has 0 unspecified atom stereocenters. The van der Waals surface area contributed by atoms with E-state index in [4.69, 9.17) is 9.16 Å². The maximum Gasteiger partial charge on any atom is 0.420 e. The number of halogens is 2. The van der Waals surface area contributed by atoms with Crippen molar-refractivity contribution in [3.8, 4) is 5.75 Å². The first-order chi connectivity index (χ1) is 16.2. The van der Waals surface area contributed by atoms with Crippen molar-refractivity contribution in [3.05, 3.63) is 24.3 Å². The minimum absolute atomic E-state index is 0.0533. The van der Waals surface area contributed by atoms with Crippen molar-refractivity contribution >= 4 is 14.0 Å². The zero-order chi connectivity index (χ0) is 26.2. The van der Waals surface area contributed by atoms with Gasteiger partial charge in [0.2, 0.25) is 8.32 Å². The van der Waals surface area contributed by atoms with Crippen LogP contribution in [0.15, 0.2) is 24.3 Å². The summed E-state index contributed by atoms with van der Waals surface area (Å²) in [6, 6.07) is 8.24. The third-order valence-electron chi connectivity index (χ3n) is 8.74. The number of benzene rings is 1. The Balaban J connectivity index is 1.71. The quantitative estimate of drug-likeness (QED) is 0.318. The molecule has 0 radical (unpaired) electrons. The fourth-order valence-electron chi connectivity index (χ4n) is 6.90. The summed E-state index contributed by atoms with van der Waals surface area (Å²) < 4.78 is 41.1. The smallest absolute Gasteiger partial charge is 0.420 e. The molecule has 7 heteroatoms. The molecule has 1 aliphatic heterocycles. The van der Waals surface area contributed by atoms with Gasteiger partial charge in [-0.3, -0.25) is 4.90 Å². The molecule has 2 fully saturated rings. The van der Waals surface area contributed by atoms with E-state index in [9.17, 15) is 8.78 Å². The summed E-state index contributed by atoms with van der Waals surface area (Å²) in [5.74, 6) is 0.182. The van der Waals surface area contributed by atoms with E-state index in [1.807, 2.05) is 12.1 Å². The molecule has 2 aliphatic rings. The minimum atomic E-state index is -3.37. The van der Waals surface area contributed by atoms with Crippen molar-refractivity contribution in [2.45, 2.75) is 121 Å². The van der Waals surface area contributed by atoms with Gasteiger partial charge in [-0.05, 0) is 74.6 Å². The van der Waals surface area contributed by atoms with Crippen molar-refractivity contribution < 1.29 is 17.9 Å². The van der Waals surface area contributed by atoms with Crippen LogP contribution in [0.5, 0.6) is 5.75 Å². The van der Waals surface area contributed by atoms with Crippen molar-refractivity contribution in [3.63, 3.8) is 0 Å². The molecule has 1 saturated heterocycles. The molecular weight excluding hydrogens is 462 g/mol. The van der Waals surface area contributed by atoms with Gasteiger partial charge in [0, 0.05) is 29.9 Å². The fraction of sp³-hybridized carbons (Fsp3) is 0.786. The third kappa shape index (κ3) is 5.88. The summed E-state index contributed by atoms with van der Waals surface area (Å²) >= 11 is 0. The van der Waals surface area contributed by atoms with Crippen molar-refractivity contribution in [1.82, 2.24) is 4.90 Å². The van der Waals surface area contributed by atoms with Crippen molar-refractivity contribution in [2.75, 3.05) is 25.1 Å². The molecule has 1 aliphatic carbocycles. The maximum atomic E-state index is 14.9. The van der Waals surface area contributed by atoms with E-state index >= 15 is 0 Å². The summed E-state index contributed by atoms with van der Waals surface area (Å²) in [4.78, 5) is 5.03. The van der Waals surface area contributed by atoms with E-state index in [0.717, 1.165) is 12.2 Å². The number of alkyl halides is 2. The van der Waals surface area contributed by atoms with Crippen LogP contribution in [-0.4, -0.2) is 57.1 Å². The van der Waals surface area contributed by atoms with E-state index in [1.165, 1.54) is 25.7 Å². The number of piperazine rings is 1. The molecule has 0 aromatic heterocycles. The number of hydrogen-bond donors (Lipinski definition) is 0. The Hall–Kier alpha value is -1.18. The first-order valence-corrected chi connectivity index (χ1v) is 15.7. The first-order valence-electron chi connectivity index (χ1n) is 13.5. The maximum absolute atomic E-state index is 14.9. The summed E-state index contributed by atoms with van der Waals surface area (Å²) in [5, 5.41) is 0. The number of fused-ring (bicyclic) bond motifs is 1. The van der Waals surface area contributed by atoms with Crippen LogP contribution < -0.4 is 9.64 Å². The summed E-state index contributed by atoms with van der Waals surface area (Å²) in [6.45, 7) is 17.4. The van der Waals surface area contributed by atoms with Gasteiger partial charge in [0.25, 0.3) is 0 Å². The second kappa shape index (κ2) is 10.7. The molecule has 0 amide bonds. The lowest BCUT2D eigenvalue weighted by molar-refractivity contribution is -0.198. The largest absolute Gasteiger partial charge is 0.431 e. The van der Waals surface area contributed by atoms with Crippen LogP contribution >= 0.6 is 0 Å². The molecule has 2 atom stereocenters. The van der Waals surface area contributed by atoms with E-state index in [1.54, 1.807) is 12.1 Å². The normalized spacial score (nSPS) is 23.8. The Morgan fingerprint density at radius 3 is 1.97 bits per heavy atom. The van der Waals surface area contributed by atoms with E-state index in [0.29, 0.717) is 12.1 Å². The zero-order valence-electron chi connectivity index (χ0n) is 23.4. The molecule has 35 heavy (non-hydrogen) atoms. The second-order valence-electron chi connectivity index (χ2n) is 12.3. The molecule has 1 heterocycles. The van der Waals surface area contributed by atoms with Crippen LogP contribution in [-0.2, 0) is 4.43 Å². The van der Waals surface area contributed by atoms with Crippen LogP contribution in [0.2, 0.25) is 16.6 Å². The van der Waals surface area contributed by atoms with Gasteiger partial charge in [-0.1, -0.05) is 54.4 Å². The predicted octanol–water partition coefficient (Wildman–Crippen LogP) is 7.69. The van der Waals surface area contributed by atoms with Gasteiger partial charge in [0.05, 0.1) is 0 Å². The van der Waals surface area contributed by atoms with E-state index in [2.05, 4.69) is 72.2 Å². The Morgan fingerprint density at radius 2 is 1.46 bits per heavy atom. The molecule has 1 aromatic carbocycles. The second-order valence-corrected chi connectivity index (χ2v) is 17.8. The van der Waals surface area contributed by atoms with Gasteiger partial charge >= 0.3 is 6.11 Å². The minimum Gasteiger partial charge on any atom is -0.431 e. The number of nitrogens with zero attached hydrogens (tertiary/aromatic N) is 2. The standard InChI is InChI=1S/C28H48F2N2O2Si/c1-20(2)35(21(3)4,22(5)6)33-19-28(29,30)34-24-16-14-23(15-17-24)32-18-27(7,8)31(9)25-12-10-11-13-26(25)32/h14-17,20-22,25-26H,10-13,18-19H2,1-9H3/t25-,26-/m0/s1. The molecule has 4 nitrogen and oxygen atoms in total. The van der Waals surface area contributed by atoms with Gasteiger partial charge in [-0.25, -0.2) is 0 Å². The van der Waals surface area contributed by atoms with Crippen molar-refractivity contribution in [2.24, 2.45) is 0 Å². The highest BCUT2D eigenvalue weighted by Gasteiger charge is 2.48. The van der Waals surface area contributed by atoms with E-state index in [-0.39, 0.29) is 27.9 Å². The molecule has 200 valence electrons. The van der Waals surface area contributed by atoms with Crippen molar-refractivity contribution in [1.29, 1.82) is 0 Å². The van der Waals surface area contributed by atoms with Gasteiger partial charge < -0.3 is 14.1 Å². The van der Waals surface area contributed by atoms with Crippen LogP contribution in [0.4, 0.5) is 14.5 Å². The Labute approximate surface area is 213 Å². The zero-order valence-corrected chi connectivity index (χ0v) is 24.4. The lowest BCUT2D eigenvalue weighted by atomic mass is 9.81. The molecule has 3 rings (SSSR count). The topological polar surface area (TPSA) is 24.9 Å². The Morgan fingerprint density at radius 1 is 0.943 bits per heavy atom. The number of likely N-dealkylation sites (N-methyl/N-ethyl adjacent to an activating group) is 1. The molecule has 1 aromatic rings. The Bertz CT molecular complexity index is 807. The molecule has 0 spiro atoms. The lowest BCUT2D eigenvalue weighted by Gasteiger charge is -2.57. The predicted molar refractivity (Wildman–Crippen MR) is 144 cm³/mol. The first kappa shape index (κ1) is 28.4. The Kier molecular flexibility index (Phi) is 8.65. The van der Waals surface area contributed by atoms with Crippen LogP contribution in [0.1, 0.15) is 81.1 Å². The van der Waals surface area contributed by atoms with Crippen LogP contribution in [0.25, 0.3) is 0 Å². The number of rotatable bonds is 9. The number of anilines is 1. The van der Waals surface area contributed by atoms with Gasteiger partial charge in [0.15, 0.2) is 0 Å². The van der Waals surface area contributed by atoms with Gasteiger partial charge in [-0.2, -0.15) is 8.78 Å². The average Bonchev–Trinajstić information content (AvgIpc) is 2.76. The van der Waals surface area contributed by atoms with Crippen LogP contribution in [0, 0.1) is 0 Å². The summed E-state index contributed by atoms with van der Waals surface area (Å²) in [7, 11) is -0.146. The summed E-state index contributed by atoms with van der Waals surface area (Å²) in [6.07, 6.45) is 1.53. The highest BCUT2D eigenvalue weighted by Crippen LogP contribution is 2.43.